The van der Waals surface area contributed by atoms with E-state index >= 15 is 0 Å². The molecule has 0 spiro atoms. The summed E-state index contributed by atoms with van der Waals surface area (Å²) in [6, 6.07) is 5.98. The molecule has 1 N–H and O–H groups in total. The number of hydrogen-bond donors (Lipinski definition) is 1. The van der Waals surface area contributed by atoms with Crippen LogP contribution in [0.2, 0.25) is 0 Å². The number of aliphatic hydroxyl groups excluding tert-OH is 1. The normalized spacial score (nSPS) is 11.3. The standard InChI is InChI=1S/C17H20O7/c1-11(2)15(19)22-8-9-23-16(20)13-6-4-5-7-14(13)17(21)24-10-12(3)18/h4-7,12,18H,1,8-10H2,2-3H3/t12-/m1/s1. The second-order valence-corrected chi connectivity index (χ2v) is 5.05. The molecule has 1 aromatic carbocycles. The van der Waals surface area contributed by atoms with E-state index in [1.165, 1.54) is 26.0 Å². The van der Waals surface area contributed by atoms with Crippen molar-refractivity contribution in [2.75, 3.05) is 19.8 Å². The monoisotopic (exact) mass is 336 g/mol. The van der Waals surface area contributed by atoms with Gasteiger partial charge in [0.15, 0.2) is 0 Å². The molecular weight excluding hydrogens is 316 g/mol. The van der Waals surface area contributed by atoms with Crippen molar-refractivity contribution in [2.45, 2.75) is 20.0 Å². The molecule has 0 aliphatic carbocycles. The predicted octanol–water partition coefficient (Wildman–Crippen LogP) is 1.50. The summed E-state index contributed by atoms with van der Waals surface area (Å²) < 4.78 is 14.7. The first kappa shape index (κ1) is 19.4. The maximum Gasteiger partial charge on any atom is 0.339 e. The largest absolute Gasteiger partial charge is 0.459 e. The van der Waals surface area contributed by atoms with Crippen molar-refractivity contribution >= 4 is 17.9 Å². The molecule has 7 nitrogen and oxygen atoms in total. The third-order valence-electron chi connectivity index (χ3n) is 2.72. The fourth-order valence-electron chi connectivity index (χ4n) is 1.58. The number of carbonyl (C=O) groups excluding carboxylic acids is 3. The van der Waals surface area contributed by atoms with Crippen molar-refractivity contribution in [2.24, 2.45) is 0 Å². The first-order chi connectivity index (χ1) is 11.3. The molecule has 0 aliphatic rings. The molecule has 0 saturated heterocycles. The van der Waals surface area contributed by atoms with Crippen molar-refractivity contribution in [3.05, 3.63) is 47.5 Å². The van der Waals surface area contributed by atoms with E-state index in [4.69, 9.17) is 19.3 Å². The molecule has 24 heavy (non-hydrogen) atoms. The lowest BCUT2D eigenvalue weighted by Crippen LogP contribution is -2.19. The van der Waals surface area contributed by atoms with Crippen LogP contribution in [0.4, 0.5) is 0 Å². The first-order valence-electron chi connectivity index (χ1n) is 7.27. The average molecular weight is 336 g/mol. The number of benzene rings is 1. The smallest absolute Gasteiger partial charge is 0.339 e. The minimum atomic E-state index is -0.809. The Bertz CT molecular complexity index is 619. The quantitative estimate of drug-likeness (QED) is 0.332. The summed E-state index contributed by atoms with van der Waals surface area (Å²) in [5, 5.41) is 9.14. The zero-order valence-corrected chi connectivity index (χ0v) is 13.6. The Kier molecular flexibility index (Phi) is 7.64. The van der Waals surface area contributed by atoms with E-state index in [9.17, 15) is 14.4 Å². The van der Waals surface area contributed by atoms with Crippen molar-refractivity contribution in [1.82, 2.24) is 0 Å². The summed E-state index contributed by atoms with van der Waals surface area (Å²) in [6.07, 6.45) is -0.809. The Morgan fingerprint density at radius 3 is 2.04 bits per heavy atom. The van der Waals surface area contributed by atoms with Gasteiger partial charge in [-0.1, -0.05) is 18.7 Å². The van der Waals surface area contributed by atoms with Gasteiger partial charge in [-0.25, -0.2) is 14.4 Å². The van der Waals surface area contributed by atoms with Crippen molar-refractivity contribution < 1.29 is 33.7 Å². The van der Waals surface area contributed by atoms with Gasteiger partial charge in [-0.15, -0.1) is 0 Å². The molecule has 0 heterocycles. The van der Waals surface area contributed by atoms with E-state index in [2.05, 4.69) is 6.58 Å². The van der Waals surface area contributed by atoms with Gasteiger partial charge in [-0.2, -0.15) is 0 Å². The average Bonchev–Trinajstić information content (AvgIpc) is 2.55. The van der Waals surface area contributed by atoms with Crippen molar-refractivity contribution in [3.8, 4) is 0 Å². The Morgan fingerprint density at radius 2 is 1.54 bits per heavy atom. The van der Waals surface area contributed by atoms with E-state index in [1.807, 2.05) is 0 Å². The molecule has 0 bridgehead atoms. The van der Waals surface area contributed by atoms with Gasteiger partial charge in [-0.05, 0) is 26.0 Å². The second kappa shape index (κ2) is 9.46. The van der Waals surface area contributed by atoms with Gasteiger partial charge in [0, 0.05) is 5.57 Å². The fraction of sp³-hybridized carbons (Fsp3) is 0.353. The molecule has 0 unspecified atom stereocenters. The highest BCUT2D eigenvalue weighted by molar-refractivity contribution is 6.03. The van der Waals surface area contributed by atoms with Gasteiger partial charge in [0.1, 0.15) is 19.8 Å². The van der Waals surface area contributed by atoms with Crippen LogP contribution in [-0.4, -0.2) is 48.9 Å². The van der Waals surface area contributed by atoms with E-state index in [0.717, 1.165) is 0 Å². The van der Waals surface area contributed by atoms with Gasteiger partial charge >= 0.3 is 17.9 Å². The van der Waals surface area contributed by atoms with Crippen LogP contribution >= 0.6 is 0 Å². The molecular formula is C17H20O7. The van der Waals surface area contributed by atoms with E-state index in [1.54, 1.807) is 12.1 Å². The minimum absolute atomic E-state index is 0.0271. The second-order valence-electron chi connectivity index (χ2n) is 5.05. The highest BCUT2D eigenvalue weighted by Crippen LogP contribution is 2.12. The molecule has 1 atom stereocenters. The van der Waals surface area contributed by atoms with Crippen LogP contribution in [0.15, 0.2) is 36.4 Å². The van der Waals surface area contributed by atoms with Gasteiger partial charge in [0.05, 0.1) is 17.2 Å². The van der Waals surface area contributed by atoms with Crippen LogP contribution < -0.4 is 0 Å². The highest BCUT2D eigenvalue weighted by atomic mass is 16.6. The van der Waals surface area contributed by atoms with Crippen LogP contribution in [0.25, 0.3) is 0 Å². The van der Waals surface area contributed by atoms with Crippen LogP contribution in [0.3, 0.4) is 0 Å². The van der Waals surface area contributed by atoms with E-state index in [0.29, 0.717) is 0 Å². The zero-order valence-electron chi connectivity index (χ0n) is 13.6. The molecule has 7 heteroatoms. The molecule has 130 valence electrons. The molecule has 0 amide bonds. The van der Waals surface area contributed by atoms with Gasteiger partial charge in [0.25, 0.3) is 0 Å². The lowest BCUT2D eigenvalue weighted by atomic mass is 10.1. The number of hydrogen-bond acceptors (Lipinski definition) is 7. The molecule has 0 saturated carbocycles. The van der Waals surface area contributed by atoms with E-state index < -0.39 is 24.0 Å². The zero-order chi connectivity index (χ0) is 18.1. The first-order valence-corrected chi connectivity index (χ1v) is 7.27. The van der Waals surface area contributed by atoms with Crippen LogP contribution in [0.5, 0.6) is 0 Å². The summed E-state index contributed by atoms with van der Waals surface area (Å²) in [5.74, 6) is -2.06. The Morgan fingerprint density at radius 1 is 1.04 bits per heavy atom. The number of aliphatic hydroxyl groups is 1. The van der Waals surface area contributed by atoms with Crippen molar-refractivity contribution in [3.63, 3.8) is 0 Å². The van der Waals surface area contributed by atoms with Crippen LogP contribution in [-0.2, 0) is 19.0 Å². The highest BCUT2D eigenvalue weighted by Gasteiger charge is 2.19. The number of carbonyl (C=O) groups is 3. The lowest BCUT2D eigenvalue weighted by molar-refractivity contribution is -0.140. The van der Waals surface area contributed by atoms with Crippen LogP contribution in [0.1, 0.15) is 34.6 Å². The fourth-order valence-corrected chi connectivity index (χ4v) is 1.58. The number of rotatable bonds is 8. The maximum atomic E-state index is 12.0. The summed E-state index contributed by atoms with van der Waals surface area (Å²) >= 11 is 0. The van der Waals surface area contributed by atoms with Crippen LogP contribution in [0, 0.1) is 0 Å². The maximum absolute atomic E-state index is 12.0. The van der Waals surface area contributed by atoms with Gasteiger partial charge in [0.2, 0.25) is 0 Å². The van der Waals surface area contributed by atoms with Gasteiger partial charge in [-0.3, -0.25) is 0 Å². The molecule has 0 radical (unpaired) electrons. The number of esters is 3. The van der Waals surface area contributed by atoms with E-state index in [-0.39, 0.29) is 36.5 Å². The molecule has 0 aliphatic heterocycles. The molecule has 0 fully saturated rings. The summed E-state index contributed by atoms with van der Waals surface area (Å²) in [6.45, 7) is 5.94. The Labute approximate surface area is 139 Å². The molecule has 1 rings (SSSR count). The topological polar surface area (TPSA) is 99.1 Å². The summed E-state index contributed by atoms with van der Waals surface area (Å²) in [4.78, 5) is 35.2. The third kappa shape index (κ3) is 6.21. The SMILES string of the molecule is C=C(C)C(=O)OCCOC(=O)c1ccccc1C(=O)OC[C@@H](C)O. The molecule has 0 aromatic heterocycles. The minimum Gasteiger partial charge on any atom is -0.459 e. The lowest BCUT2D eigenvalue weighted by Gasteiger charge is -2.11. The summed E-state index contributed by atoms with van der Waals surface area (Å²) in [7, 11) is 0. The van der Waals surface area contributed by atoms with Crippen molar-refractivity contribution in [1.29, 1.82) is 0 Å². The third-order valence-corrected chi connectivity index (χ3v) is 2.72. The Hall–Kier alpha value is -2.67. The predicted molar refractivity (Wildman–Crippen MR) is 84.5 cm³/mol. The summed E-state index contributed by atoms with van der Waals surface area (Å²) in [5.41, 5.74) is 0.300. The number of ether oxygens (including phenoxy) is 3. The van der Waals surface area contributed by atoms with Gasteiger partial charge < -0.3 is 19.3 Å². The molecule has 1 aromatic rings. The Balaban J connectivity index is 2.62.